The summed E-state index contributed by atoms with van der Waals surface area (Å²) in [6.07, 6.45) is 28.8. The zero-order chi connectivity index (χ0) is 17.6. The molecular formula is C23H47N. The topological polar surface area (TPSA) is 12.0 Å². The fourth-order valence-electron chi connectivity index (χ4n) is 3.23. The maximum Gasteiger partial charge on any atom is 0.0134 e. The molecule has 1 heteroatoms. The van der Waals surface area contributed by atoms with E-state index in [1.165, 1.54) is 109 Å². The van der Waals surface area contributed by atoms with Gasteiger partial charge >= 0.3 is 0 Å². The Morgan fingerprint density at radius 1 is 0.500 bits per heavy atom. The van der Waals surface area contributed by atoms with Crippen LogP contribution in [0.4, 0.5) is 0 Å². The Balaban J connectivity index is 2.97. The van der Waals surface area contributed by atoms with Gasteiger partial charge in [-0.25, -0.2) is 0 Å². The first-order valence-corrected chi connectivity index (χ1v) is 11.3. The van der Waals surface area contributed by atoms with Crippen LogP contribution < -0.4 is 5.32 Å². The number of rotatable bonds is 20. The molecule has 0 aliphatic rings. The molecule has 0 radical (unpaired) electrons. The van der Waals surface area contributed by atoms with E-state index in [-0.39, 0.29) is 0 Å². The Hall–Kier alpha value is -0.300. The van der Waals surface area contributed by atoms with Crippen LogP contribution in [0.15, 0.2) is 12.2 Å². The summed E-state index contributed by atoms with van der Waals surface area (Å²) >= 11 is 0. The minimum absolute atomic E-state index is 1.05. The smallest absolute Gasteiger partial charge is 0.0134 e. The quantitative estimate of drug-likeness (QED) is 0.176. The summed E-state index contributed by atoms with van der Waals surface area (Å²) in [5.41, 5.74) is 0. The largest absolute Gasteiger partial charge is 0.313 e. The summed E-state index contributed by atoms with van der Waals surface area (Å²) in [6.45, 7) is 6.72. The molecule has 0 rings (SSSR count). The molecule has 24 heavy (non-hydrogen) atoms. The first-order valence-electron chi connectivity index (χ1n) is 11.3. The molecule has 0 atom stereocenters. The standard InChI is InChI=1S/C23H47N/c1-3-5-7-8-9-10-11-12-13-14-15-16-17-18-19-21-23-24-22-20-6-4-2/h6,20,24H,3-5,7-19,21-23H2,1-2H3/b20-6-. The van der Waals surface area contributed by atoms with Crippen molar-refractivity contribution in [1.29, 1.82) is 0 Å². The molecule has 0 aliphatic heterocycles. The lowest BCUT2D eigenvalue weighted by atomic mass is 10.0. The van der Waals surface area contributed by atoms with Crippen molar-refractivity contribution in [2.24, 2.45) is 0 Å². The van der Waals surface area contributed by atoms with Gasteiger partial charge in [-0.2, -0.15) is 0 Å². The van der Waals surface area contributed by atoms with Crippen molar-refractivity contribution in [2.75, 3.05) is 13.1 Å². The van der Waals surface area contributed by atoms with E-state index in [0.717, 1.165) is 13.0 Å². The van der Waals surface area contributed by atoms with Gasteiger partial charge in [-0.1, -0.05) is 122 Å². The van der Waals surface area contributed by atoms with Crippen LogP contribution in [-0.2, 0) is 0 Å². The molecule has 0 aromatic carbocycles. The van der Waals surface area contributed by atoms with Crippen LogP contribution in [0.25, 0.3) is 0 Å². The van der Waals surface area contributed by atoms with Gasteiger partial charge in [-0.05, 0) is 19.4 Å². The monoisotopic (exact) mass is 337 g/mol. The SMILES string of the molecule is CC/C=C\CNCCCCCCCCCCCCCCCCCC. The zero-order valence-electron chi connectivity index (χ0n) is 17.1. The van der Waals surface area contributed by atoms with Gasteiger partial charge in [0.2, 0.25) is 0 Å². The van der Waals surface area contributed by atoms with Crippen molar-refractivity contribution in [3.8, 4) is 0 Å². The van der Waals surface area contributed by atoms with Crippen molar-refractivity contribution in [3.05, 3.63) is 12.2 Å². The molecule has 1 nitrogen and oxygen atoms in total. The Bertz CT molecular complexity index is 234. The molecule has 144 valence electrons. The molecule has 0 aromatic rings. The van der Waals surface area contributed by atoms with E-state index in [1.54, 1.807) is 0 Å². The summed E-state index contributed by atoms with van der Waals surface area (Å²) in [7, 11) is 0. The van der Waals surface area contributed by atoms with Crippen LogP contribution in [0.1, 0.15) is 123 Å². The molecule has 0 unspecified atom stereocenters. The second kappa shape index (κ2) is 22.7. The van der Waals surface area contributed by atoms with Crippen LogP contribution in [-0.4, -0.2) is 13.1 Å². The van der Waals surface area contributed by atoms with Crippen molar-refractivity contribution in [3.63, 3.8) is 0 Å². The van der Waals surface area contributed by atoms with Gasteiger partial charge in [0.05, 0.1) is 0 Å². The molecule has 0 aromatic heterocycles. The van der Waals surface area contributed by atoms with E-state index in [1.807, 2.05) is 0 Å². The number of unbranched alkanes of at least 4 members (excludes halogenated alkanes) is 15. The lowest BCUT2D eigenvalue weighted by Gasteiger charge is -2.04. The Morgan fingerprint density at radius 2 is 0.917 bits per heavy atom. The van der Waals surface area contributed by atoms with Gasteiger partial charge < -0.3 is 5.32 Å². The van der Waals surface area contributed by atoms with Crippen LogP contribution in [0.5, 0.6) is 0 Å². The van der Waals surface area contributed by atoms with Crippen LogP contribution in [0.3, 0.4) is 0 Å². The Morgan fingerprint density at radius 3 is 1.33 bits per heavy atom. The zero-order valence-corrected chi connectivity index (χ0v) is 17.1. The van der Waals surface area contributed by atoms with Crippen molar-refractivity contribution >= 4 is 0 Å². The first kappa shape index (κ1) is 23.7. The maximum absolute atomic E-state index is 3.48. The molecule has 0 aliphatic carbocycles. The van der Waals surface area contributed by atoms with E-state index in [0.29, 0.717) is 0 Å². The summed E-state index contributed by atoms with van der Waals surface area (Å²) in [5, 5.41) is 3.48. The second-order valence-corrected chi connectivity index (χ2v) is 7.39. The number of hydrogen-bond donors (Lipinski definition) is 1. The third-order valence-electron chi connectivity index (χ3n) is 4.87. The molecule has 0 amide bonds. The fraction of sp³-hybridized carbons (Fsp3) is 0.913. The van der Waals surface area contributed by atoms with Gasteiger partial charge in [0.1, 0.15) is 0 Å². The molecule has 0 bridgehead atoms. The van der Waals surface area contributed by atoms with Crippen LogP contribution in [0.2, 0.25) is 0 Å². The first-order chi connectivity index (χ1) is 11.9. The summed E-state index contributed by atoms with van der Waals surface area (Å²) in [6, 6.07) is 0. The maximum atomic E-state index is 3.48. The minimum Gasteiger partial charge on any atom is -0.313 e. The minimum atomic E-state index is 1.05. The van der Waals surface area contributed by atoms with Crippen molar-refractivity contribution in [1.82, 2.24) is 5.32 Å². The molecule has 0 saturated heterocycles. The molecule has 0 spiro atoms. The summed E-state index contributed by atoms with van der Waals surface area (Å²) in [4.78, 5) is 0. The van der Waals surface area contributed by atoms with E-state index >= 15 is 0 Å². The van der Waals surface area contributed by atoms with Gasteiger partial charge in [-0.15, -0.1) is 0 Å². The average Bonchev–Trinajstić information content (AvgIpc) is 2.60. The molecular weight excluding hydrogens is 290 g/mol. The molecule has 1 N–H and O–H groups in total. The Labute approximate surface area is 154 Å². The van der Waals surface area contributed by atoms with E-state index < -0.39 is 0 Å². The molecule has 0 saturated carbocycles. The van der Waals surface area contributed by atoms with Crippen molar-refractivity contribution < 1.29 is 0 Å². The number of hydrogen-bond acceptors (Lipinski definition) is 1. The normalized spacial score (nSPS) is 11.6. The third-order valence-corrected chi connectivity index (χ3v) is 4.87. The third kappa shape index (κ3) is 21.7. The summed E-state index contributed by atoms with van der Waals surface area (Å²) in [5.74, 6) is 0. The number of nitrogens with one attached hydrogen (secondary N) is 1. The highest BCUT2D eigenvalue weighted by molar-refractivity contribution is 4.82. The Kier molecular flexibility index (Phi) is 22.4. The highest BCUT2D eigenvalue weighted by Crippen LogP contribution is 2.13. The van der Waals surface area contributed by atoms with Gasteiger partial charge in [0, 0.05) is 6.54 Å². The predicted molar refractivity (Wildman–Crippen MR) is 112 cm³/mol. The lowest BCUT2D eigenvalue weighted by molar-refractivity contribution is 0.527. The van der Waals surface area contributed by atoms with E-state index in [2.05, 4.69) is 31.3 Å². The average molecular weight is 338 g/mol. The predicted octanol–water partition coefficient (Wildman–Crippen LogP) is 7.80. The van der Waals surface area contributed by atoms with Crippen LogP contribution in [0, 0.1) is 0 Å². The highest BCUT2D eigenvalue weighted by Gasteiger charge is 1.94. The number of allylic oxidation sites excluding steroid dienone is 1. The van der Waals surface area contributed by atoms with Gasteiger partial charge in [0.25, 0.3) is 0 Å². The summed E-state index contributed by atoms with van der Waals surface area (Å²) < 4.78 is 0. The van der Waals surface area contributed by atoms with E-state index in [9.17, 15) is 0 Å². The van der Waals surface area contributed by atoms with Crippen molar-refractivity contribution in [2.45, 2.75) is 123 Å². The molecule has 0 fully saturated rings. The second-order valence-electron chi connectivity index (χ2n) is 7.39. The molecule has 0 heterocycles. The van der Waals surface area contributed by atoms with Crippen LogP contribution >= 0.6 is 0 Å². The highest BCUT2D eigenvalue weighted by atomic mass is 14.8. The van der Waals surface area contributed by atoms with E-state index in [4.69, 9.17) is 0 Å². The van der Waals surface area contributed by atoms with Gasteiger partial charge in [-0.3, -0.25) is 0 Å². The van der Waals surface area contributed by atoms with Gasteiger partial charge in [0.15, 0.2) is 0 Å². The fourth-order valence-corrected chi connectivity index (χ4v) is 3.23. The lowest BCUT2D eigenvalue weighted by Crippen LogP contribution is -2.14.